The second-order valence-electron chi connectivity index (χ2n) is 3.82. The molecule has 106 valence electrons. The summed E-state index contributed by atoms with van der Waals surface area (Å²) < 4.78 is 9.98. The first kappa shape index (κ1) is 15.2. The fraction of sp³-hybridized carbons (Fsp3) is 0.500. The molecule has 0 atom stereocenters. The number of carbonyl (C=O) groups is 2. The molecule has 2 amide bonds. The predicted octanol–water partition coefficient (Wildman–Crippen LogP) is -0.379. The minimum absolute atomic E-state index is 0.139. The van der Waals surface area contributed by atoms with Crippen molar-refractivity contribution in [2.24, 2.45) is 5.73 Å². The van der Waals surface area contributed by atoms with Crippen LogP contribution in [0.1, 0.15) is 22.7 Å². The van der Waals surface area contributed by atoms with Crippen LogP contribution in [0.3, 0.4) is 0 Å². The average molecular weight is 269 g/mol. The molecule has 1 heterocycles. The van der Waals surface area contributed by atoms with Crippen LogP contribution >= 0.6 is 0 Å². The van der Waals surface area contributed by atoms with Crippen molar-refractivity contribution in [3.8, 4) is 0 Å². The Morgan fingerprint density at radius 2 is 2.11 bits per heavy atom. The van der Waals surface area contributed by atoms with Gasteiger partial charge in [-0.15, -0.1) is 0 Å². The first-order valence-corrected chi connectivity index (χ1v) is 6.00. The standard InChI is InChI=1S/C12H19N3O4/c1-18-7-6-14-11(16)4-5-15-12(17)10-3-2-9(8-13)19-10/h2-3H,4-8,13H2,1H3,(H,14,16)(H,15,17). The van der Waals surface area contributed by atoms with Crippen molar-refractivity contribution in [2.75, 3.05) is 26.8 Å². The Morgan fingerprint density at radius 3 is 2.74 bits per heavy atom. The predicted molar refractivity (Wildman–Crippen MR) is 68.4 cm³/mol. The Bertz CT molecular complexity index is 417. The van der Waals surface area contributed by atoms with Crippen LogP contribution in [0, 0.1) is 0 Å². The molecule has 0 aliphatic carbocycles. The minimum atomic E-state index is -0.357. The van der Waals surface area contributed by atoms with Crippen molar-refractivity contribution < 1.29 is 18.7 Å². The van der Waals surface area contributed by atoms with E-state index in [1.165, 1.54) is 0 Å². The smallest absolute Gasteiger partial charge is 0.287 e. The van der Waals surface area contributed by atoms with Gasteiger partial charge in [-0.25, -0.2) is 0 Å². The summed E-state index contributed by atoms with van der Waals surface area (Å²) >= 11 is 0. The summed E-state index contributed by atoms with van der Waals surface area (Å²) in [6, 6.07) is 3.20. The number of ether oxygens (including phenoxy) is 1. The van der Waals surface area contributed by atoms with Gasteiger partial charge in [0.2, 0.25) is 5.91 Å². The summed E-state index contributed by atoms with van der Waals surface area (Å²) in [6.07, 6.45) is 0.208. The molecule has 0 bridgehead atoms. The Kier molecular flexibility index (Phi) is 6.62. The van der Waals surface area contributed by atoms with Crippen LogP contribution in [0.2, 0.25) is 0 Å². The van der Waals surface area contributed by atoms with E-state index in [9.17, 15) is 9.59 Å². The lowest BCUT2D eigenvalue weighted by molar-refractivity contribution is -0.121. The van der Waals surface area contributed by atoms with Gasteiger partial charge in [0.15, 0.2) is 5.76 Å². The molecule has 0 spiro atoms. The maximum Gasteiger partial charge on any atom is 0.287 e. The molecule has 0 aromatic carbocycles. The van der Waals surface area contributed by atoms with Crippen LogP contribution in [0.5, 0.6) is 0 Å². The number of nitrogens with one attached hydrogen (secondary N) is 2. The lowest BCUT2D eigenvalue weighted by Crippen LogP contribution is -2.32. The van der Waals surface area contributed by atoms with Crippen molar-refractivity contribution in [1.82, 2.24) is 10.6 Å². The molecule has 1 aromatic rings. The zero-order valence-corrected chi connectivity index (χ0v) is 10.9. The molecule has 0 fully saturated rings. The normalized spacial score (nSPS) is 10.2. The molecule has 0 radical (unpaired) electrons. The highest BCUT2D eigenvalue weighted by Crippen LogP contribution is 2.06. The molecular formula is C12H19N3O4. The van der Waals surface area contributed by atoms with Gasteiger partial charge in [-0.3, -0.25) is 9.59 Å². The molecule has 0 aliphatic heterocycles. The highest BCUT2D eigenvalue weighted by atomic mass is 16.5. The van der Waals surface area contributed by atoms with E-state index in [0.29, 0.717) is 18.9 Å². The molecule has 0 aliphatic rings. The first-order valence-electron chi connectivity index (χ1n) is 6.00. The van der Waals surface area contributed by atoms with Gasteiger partial charge in [-0.2, -0.15) is 0 Å². The maximum atomic E-state index is 11.6. The minimum Gasteiger partial charge on any atom is -0.455 e. The Morgan fingerprint density at radius 1 is 1.32 bits per heavy atom. The van der Waals surface area contributed by atoms with Gasteiger partial charge >= 0.3 is 0 Å². The first-order chi connectivity index (χ1) is 9.17. The lowest BCUT2D eigenvalue weighted by atomic mass is 10.3. The molecule has 7 heteroatoms. The van der Waals surface area contributed by atoms with Crippen LogP contribution in [-0.2, 0) is 16.1 Å². The van der Waals surface area contributed by atoms with Gasteiger partial charge in [0.25, 0.3) is 5.91 Å². The third-order valence-corrected chi connectivity index (χ3v) is 2.35. The largest absolute Gasteiger partial charge is 0.455 e. The number of carbonyl (C=O) groups excluding carboxylic acids is 2. The maximum absolute atomic E-state index is 11.6. The number of nitrogens with two attached hydrogens (primary N) is 1. The number of amides is 2. The van der Waals surface area contributed by atoms with Crippen LogP contribution < -0.4 is 16.4 Å². The topological polar surface area (TPSA) is 107 Å². The number of hydrogen-bond acceptors (Lipinski definition) is 5. The van der Waals surface area contributed by atoms with E-state index < -0.39 is 0 Å². The van der Waals surface area contributed by atoms with Gasteiger partial charge in [-0.05, 0) is 12.1 Å². The summed E-state index contributed by atoms with van der Waals surface area (Å²) in [6.45, 7) is 1.42. The van der Waals surface area contributed by atoms with Gasteiger partial charge in [0.05, 0.1) is 13.2 Å². The Balaban J connectivity index is 2.21. The van der Waals surface area contributed by atoms with E-state index in [4.69, 9.17) is 14.9 Å². The molecule has 1 rings (SSSR count). The third-order valence-electron chi connectivity index (χ3n) is 2.35. The van der Waals surface area contributed by atoms with Crippen LogP contribution in [0.15, 0.2) is 16.5 Å². The van der Waals surface area contributed by atoms with E-state index in [0.717, 1.165) is 0 Å². The van der Waals surface area contributed by atoms with Crippen LogP contribution in [-0.4, -0.2) is 38.6 Å². The van der Waals surface area contributed by atoms with E-state index in [1.807, 2.05) is 0 Å². The fourth-order valence-electron chi connectivity index (χ4n) is 1.37. The zero-order valence-electron chi connectivity index (χ0n) is 10.9. The molecule has 0 saturated carbocycles. The highest BCUT2D eigenvalue weighted by Gasteiger charge is 2.10. The molecule has 1 aromatic heterocycles. The summed E-state index contributed by atoms with van der Waals surface area (Å²) in [5, 5.41) is 5.25. The number of furan rings is 1. The van der Waals surface area contributed by atoms with Crippen molar-refractivity contribution in [1.29, 1.82) is 0 Å². The summed E-state index contributed by atoms with van der Waals surface area (Å²) in [4.78, 5) is 22.9. The van der Waals surface area contributed by atoms with Crippen molar-refractivity contribution in [3.05, 3.63) is 23.7 Å². The quantitative estimate of drug-likeness (QED) is 0.558. The zero-order chi connectivity index (χ0) is 14.1. The van der Waals surface area contributed by atoms with Crippen LogP contribution in [0.25, 0.3) is 0 Å². The second kappa shape index (κ2) is 8.28. The Labute approximate surface area is 111 Å². The molecule has 19 heavy (non-hydrogen) atoms. The van der Waals surface area contributed by atoms with Crippen molar-refractivity contribution in [2.45, 2.75) is 13.0 Å². The van der Waals surface area contributed by atoms with E-state index >= 15 is 0 Å². The summed E-state index contributed by atoms with van der Waals surface area (Å²) in [5.74, 6) is 0.242. The molecule has 4 N–H and O–H groups in total. The monoisotopic (exact) mass is 269 g/mol. The molecule has 0 saturated heterocycles. The van der Waals surface area contributed by atoms with Gasteiger partial charge < -0.3 is 25.5 Å². The number of methoxy groups -OCH3 is 1. The Hall–Kier alpha value is -1.86. The van der Waals surface area contributed by atoms with Crippen LogP contribution in [0.4, 0.5) is 0 Å². The SMILES string of the molecule is COCCNC(=O)CCNC(=O)c1ccc(CN)o1. The second-order valence-corrected chi connectivity index (χ2v) is 3.82. The number of hydrogen-bond donors (Lipinski definition) is 3. The third kappa shape index (κ3) is 5.54. The van der Waals surface area contributed by atoms with Gasteiger partial charge in [-0.1, -0.05) is 0 Å². The lowest BCUT2D eigenvalue weighted by Gasteiger charge is -2.05. The highest BCUT2D eigenvalue weighted by molar-refractivity contribution is 5.91. The van der Waals surface area contributed by atoms with E-state index in [-0.39, 0.29) is 37.1 Å². The van der Waals surface area contributed by atoms with Gasteiger partial charge in [0.1, 0.15) is 5.76 Å². The summed E-state index contributed by atoms with van der Waals surface area (Å²) in [5.41, 5.74) is 5.37. The average Bonchev–Trinajstić information content (AvgIpc) is 2.87. The van der Waals surface area contributed by atoms with Crippen molar-refractivity contribution in [3.63, 3.8) is 0 Å². The van der Waals surface area contributed by atoms with Crippen molar-refractivity contribution >= 4 is 11.8 Å². The fourth-order valence-corrected chi connectivity index (χ4v) is 1.37. The molecule has 0 unspecified atom stereocenters. The molecular weight excluding hydrogens is 250 g/mol. The van der Waals surface area contributed by atoms with Gasteiger partial charge in [0, 0.05) is 26.6 Å². The summed E-state index contributed by atoms with van der Waals surface area (Å²) in [7, 11) is 1.56. The van der Waals surface area contributed by atoms with E-state index in [2.05, 4.69) is 10.6 Å². The van der Waals surface area contributed by atoms with E-state index in [1.54, 1.807) is 19.2 Å². The molecule has 7 nitrogen and oxygen atoms in total. The number of rotatable bonds is 8.